The van der Waals surface area contributed by atoms with Gasteiger partial charge in [0, 0.05) is 4.90 Å². The molecule has 0 bridgehead atoms. The first-order chi connectivity index (χ1) is 6.11. The molecule has 0 atom stereocenters. The van der Waals surface area contributed by atoms with Crippen LogP contribution in [0.2, 0.25) is 0 Å². The smallest absolute Gasteiger partial charge is 0.395 e. The molecular formula is C8H6F2O2S. The molecule has 1 aromatic carbocycles. The summed E-state index contributed by atoms with van der Waals surface area (Å²) in [6.07, 6.45) is -1.66. The molecule has 0 unspecified atom stereocenters. The fraction of sp³-hybridized carbons (Fsp3) is 0.250. The van der Waals surface area contributed by atoms with Crippen molar-refractivity contribution in [1.82, 2.24) is 0 Å². The SMILES string of the molecule is CSc1ccc2c(c1)OC(F)(F)O2. The first-order valence-corrected chi connectivity index (χ1v) is 4.77. The molecule has 0 radical (unpaired) electrons. The molecule has 2 rings (SSSR count). The second-order valence-electron chi connectivity index (χ2n) is 2.48. The van der Waals surface area contributed by atoms with Crippen LogP contribution in [0.1, 0.15) is 0 Å². The van der Waals surface area contributed by atoms with Gasteiger partial charge in [0.25, 0.3) is 0 Å². The Balaban J connectivity index is 2.36. The summed E-state index contributed by atoms with van der Waals surface area (Å²) in [5, 5.41) is 0. The zero-order chi connectivity index (χ0) is 9.47. The third-order valence-corrected chi connectivity index (χ3v) is 2.33. The molecule has 2 nitrogen and oxygen atoms in total. The summed E-state index contributed by atoms with van der Waals surface area (Å²) in [5.74, 6) is 0.180. The lowest BCUT2D eigenvalue weighted by atomic mass is 10.3. The fourth-order valence-corrected chi connectivity index (χ4v) is 1.49. The maximum Gasteiger partial charge on any atom is 0.586 e. The van der Waals surface area contributed by atoms with Crippen LogP contribution in [-0.4, -0.2) is 12.6 Å². The van der Waals surface area contributed by atoms with Crippen molar-refractivity contribution in [2.45, 2.75) is 11.2 Å². The third kappa shape index (κ3) is 1.56. The molecule has 1 heterocycles. The molecule has 70 valence electrons. The highest BCUT2D eigenvalue weighted by Crippen LogP contribution is 2.42. The van der Waals surface area contributed by atoms with Crippen LogP contribution in [0.3, 0.4) is 0 Å². The summed E-state index contributed by atoms with van der Waals surface area (Å²) in [6.45, 7) is 0. The fourth-order valence-electron chi connectivity index (χ4n) is 1.06. The molecule has 1 aliphatic heterocycles. The lowest BCUT2D eigenvalue weighted by Gasteiger charge is -2.04. The molecule has 0 amide bonds. The highest BCUT2D eigenvalue weighted by atomic mass is 32.2. The van der Waals surface area contributed by atoms with Crippen LogP contribution in [0.25, 0.3) is 0 Å². The quantitative estimate of drug-likeness (QED) is 0.655. The van der Waals surface area contributed by atoms with Crippen LogP contribution in [0.5, 0.6) is 11.5 Å². The van der Waals surface area contributed by atoms with E-state index in [-0.39, 0.29) is 11.5 Å². The maximum absolute atomic E-state index is 12.5. The number of hydrogen-bond donors (Lipinski definition) is 0. The number of thioether (sulfide) groups is 1. The van der Waals surface area contributed by atoms with Gasteiger partial charge in [0.2, 0.25) is 0 Å². The molecule has 0 saturated heterocycles. The molecule has 5 heteroatoms. The van der Waals surface area contributed by atoms with Gasteiger partial charge in [-0.25, -0.2) is 0 Å². The highest BCUT2D eigenvalue weighted by Gasteiger charge is 2.43. The van der Waals surface area contributed by atoms with Crippen LogP contribution in [0.4, 0.5) is 8.78 Å². The Hall–Kier alpha value is -0.970. The predicted molar refractivity (Wildman–Crippen MR) is 44.4 cm³/mol. The second kappa shape index (κ2) is 2.77. The first kappa shape index (κ1) is 8.62. The molecule has 1 aliphatic rings. The van der Waals surface area contributed by atoms with Crippen LogP contribution in [0, 0.1) is 0 Å². The van der Waals surface area contributed by atoms with Gasteiger partial charge in [0.1, 0.15) is 0 Å². The van der Waals surface area contributed by atoms with Crippen molar-refractivity contribution < 1.29 is 18.3 Å². The van der Waals surface area contributed by atoms with Gasteiger partial charge < -0.3 is 9.47 Å². The van der Waals surface area contributed by atoms with Gasteiger partial charge in [-0.2, -0.15) is 0 Å². The van der Waals surface area contributed by atoms with E-state index in [1.807, 2.05) is 6.26 Å². The van der Waals surface area contributed by atoms with Crippen LogP contribution < -0.4 is 9.47 Å². The second-order valence-corrected chi connectivity index (χ2v) is 3.36. The number of rotatable bonds is 1. The molecule has 0 fully saturated rings. The van der Waals surface area contributed by atoms with Crippen molar-refractivity contribution in [2.24, 2.45) is 0 Å². The van der Waals surface area contributed by atoms with Crippen LogP contribution in [0.15, 0.2) is 23.1 Å². The zero-order valence-electron chi connectivity index (χ0n) is 6.71. The van der Waals surface area contributed by atoms with Gasteiger partial charge in [0.15, 0.2) is 11.5 Å². The minimum absolute atomic E-state index is 0.0859. The van der Waals surface area contributed by atoms with Gasteiger partial charge >= 0.3 is 6.29 Å². The predicted octanol–water partition coefficient (Wildman–Crippen LogP) is 2.73. The monoisotopic (exact) mass is 204 g/mol. The summed E-state index contributed by atoms with van der Waals surface area (Å²) in [6, 6.07) is 4.71. The Morgan fingerprint density at radius 1 is 1.23 bits per heavy atom. The van der Waals surface area contributed by atoms with Gasteiger partial charge in [-0.1, -0.05) is 0 Å². The molecule has 13 heavy (non-hydrogen) atoms. The van der Waals surface area contributed by atoms with Gasteiger partial charge in [-0.15, -0.1) is 20.5 Å². The maximum atomic E-state index is 12.5. The molecule has 1 aromatic rings. The molecule has 0 N–H and O–H groups in total. The molecular weight excluding hydrogens is 198 g/mol. The van der Waals surface area contributed by atoms with Crippen molar-refractivity contribution in [3.8, 4) is 11.5 Å². The molecule has 0 spiro atoms. The first-order valence-electron chi connectivity index (χ1n) is 3.54. The summed E-state index contributed by atoms with van der Waals surface area (Å²) >= 11 is 1.45. The Morgan fingerprint density at radius 3 is 2.62 bits per heavy atom. The minimum Gasteiger partial charge on any atom is -0.395 e. The van der Waals surface area contributed by atoms with Crippen LogP contribution in [-0.2, 0) is 0 Å². The van der Waals surface area contributed by atoms with E-state index in [4.69, 9.17) is 0 Å². The Bertz CT molecular complexity index is 341. The summed E-state index contributed by atoms with van der Waals surface area (Å²) in [7, 11) is 0. The van der Waals surface area contributed by atoms with E-state index in [1.165, 1.54) is 23.9 Å². The summed E-state index contributed by atoms with van der Waals surface area (Å²) in [4.78, 5) is 0.861. The summed E-state index contributed by atoms with van der Waals surface area (Å²) in [5.41, 5.74) is 0. The number of hydrogen-bond acceptors (Lipinski definition) is 3. The molecule has 0 aliphatic carbocycles. The van der Waals surface area contributed by atoms with Crippen molar-refractivity contribution in [3.63, 3.8) is 0 Å². The number of alkyl halides is 2. The average molecular weight is 204 g/mol. The topological polar surface area (TPSA) is 18.5 Å². The largest absolute Gasteiger partial charge is 0.586 e. The van der Waals surface area contributed by atoms with Crippen molar-refractivity contribution in [1.29, 1.82) is 0 Å². The zero-order valence-corrected chi connectivity index (χ0v) is 7.53. The number of fused-ring (bicyclic) bond motifs is 1. The van der Waals surface area contributed by atoms with E-state index in [2.05, 4.69) is 9.47 Å². The van der Waals surface area contributed by atoms with E-state index >= 15 is 0 Å². The minimum atomic E-state index is -3.51. The van der Waals surface area contributed by atoms with E-state index in [0.717, 1.165) is 4.90 Å². The number of ether oxygens (including phenoxy) is 2. The normalized spacial score (nSPS) is 17.5. The summed E-state index contributed by atoms with van der Waals surface area (Å²) < 4.78 is 33.5. The standard InChI is InChI=1S/C8H6F2O2S/c1-13-5-2-3-6-7(4-5)12-8(9,10)11-6/h2-4H,1H3. The Morgan fingerprint density at radius 2 is 1.92 bits per heavy atom. The third-order valence-electron chi connectivity index (χ3n) is 1.61. The van der Waals surface area contributed by atoms with E-state index in [0.29, 0.717) is 0 Å². The Kier molecular flexibility index (Phi) is 1.83. The lowest BCUT2D eigenvalue weighted by molar-refractivity contribution is -0.286. The van der Waals surface area contributed by atoms with Gasteiger partial charge in [-0.05, 0) is 24.5 Å². The lowest BCUT2D eigenvalue weighted by Crippen LogP contribution is -2.25. The van der Waals surface area contributed by atoms with Gasteiger partial charge in [-0.3, -0.25) is 0 Å². The van der Waals surface area contributed by atoms with E-state index in [1.54, 1.807) is 6.07 Å². The molecule has 0 aromatic heterocycles. The van der Waals surface area contributed by atoms with Gasteiger partial charge in [0.05, 0.1) is 0 Å². The Labute approximate surface area is 77.8 Å². The number of halogens is 2. The average Bonchev–Trinajstić information content (AvgIpc) is 2.36. The van der Waals surface area contributed by atoms with E-state index in [9.17, 15) is 8.78 Å². The van der Waals surface area contributed by atoms with E-state index < -0.39 is 6.29 Å². The van der Waals surface area contributed by atoms with Crippen LogP contribution >= 0.6 is 11.8 Å². The van der Waals surface area contributed by atoms with Crippen molar-refractivity contribution in [3.05, 3.63) is 18.2 Å². The highest BCUT2D eigenvalue weighted by molar-refractivity contribution is 7.98. The van der Waals surface area contributed by atoms with Crippen molar-refractivity contribution >= 4 is 11.8 Å². The van der Waals surface area contributed by atoms with Crippen molar-refractivity contribution in [2.75, 3.05) is 6.26 Å². The number of benzene rings is 1. The molecule has 0 saturated carbocycles.